The van der Waals surface area contributed by atoms with Crippen LogP contribution < -0.4 is 35.6 Å². The van der Waals surface area contributed by atoms with E-state index in [0.717, 1.165) is 17.4 Å². The van der Waals surface area contributed by atoms with Gasteiger partial charge in [-0.25, -0.2) is 14.6 Å². The molecule has 0 unspecified atom stereocenters. The number of carbonyl (C=O) groups excluding carboxylic acids is 1. The predicted octanol–water partition coefficient (Wildman–Crippen LogP) is -0.102. The van der Waals surface area contributed by atoms with Gasteiger partial charge < -0.3 is 19.3 Å². The Morgan fingerprint density at radius 3 is 2.56 bits per heavy atom. The Morgan fingerprint density at radius 1 is 1.17 bits per heavy atom. The predicted molar refractivity (Wildman–Crippen MR) is 129 cm³/mol. The Labute approximate surface area is 206 Å². The molecule has 4 rings (SSSR count). The number of H-pyrrole nitrogens is 2. The summed E-state index contributed by atoms with van der Waals surface area (Å²) in [5, 5.41) is 10.0. The average Bonchev–Trinajstić information content (AvgIpc) is 3.17. The molecule has 1 aromatic carbocycles. The van der Waals surface area contributed by atoms with Crippen molar-refractivity contribution in [3.8, 4) is 17.4 Å². The number of aromatic amines is 2. The first-order valence-corrected chi connectivity index (χ1v) is 11.6. The molecular formula is C23H22N4O8S. The number of thiazole rings is 1. The normalized spacial score (nSPS) is 15.0. The van der Waals surface area contributed by atoms with Gasteiger partial charge in [0.2, 0.25) is 5.88 Å². The van der Waals surface area contributed by atoms with Crippen LogP contribution in [-0.2, 0) is 9.53 Å². The molecule has 0 bridgehead atoms. The third-order valence-corrected chi connectivity index (χ3v) is 6.24. The van der Waals surface area contributed by atoms with E-state index in [1.807, 2.05) is 18.8 Å². The van der Waals surface area contributed by atoms with Crippen molar-refractivity contribution in [1.82, 2.24) is 14.5 Å². The Morgan fingerprint density at radius 2 is 1.89 bits per heavy atom. The lowest BCUT2D eigenvalue weighted by atomic mass is 9.97. The zero-order valence-corrected chi connectivity index (χ0v) is 20.3. The average molecular weight is 515 g/mol. The topological polar surface area (TPSA) is 165 Å². The second kappa shape index (κ2) is 10.1. The first-order chi connectivity index (χ1) is 17.3. The van der Waals surface area contributed by atoms with Crippen LogP contribution in [-0.4, -0.2) is 45.9 Å². The van der Waals surface area contributed by atoms with Crippen molar-refractivity contribution in [2.45, 2.75) is 19.9 Å². The van der Waals surface area contributed by atoms with Gasteiger partial charge in [-0.1, -0.05) is 17.4 Å². The van der Waals surface area contributed by atoms with Crippen LogP contribution in [0.3, 0.4) is 0 Å². The molecule has 0 saturated heterocycles. The molecule has 0 fully saturated rings. The van der Waals surface area contributed by atoms with E-state index in [9.17, 15) is 24.3 Å². The zero-order valence-electron chi connectivity index (χ0n) is 19.5. The first-order valence-electron chi connectivity index (χ1n) is 10.8. The second-order valence-corrected chi connectivity index (χ2v) is 8.43. The lowest BCUT2D eigenvalue weighted by molar-refractivity contribution is -0.136. The van der Waals surface area contributed by atoms with Crippen LogP contribution in [0.15, 0.2) is 49.3 Å². The maximum Gasteiger partial charge on any atom is 0.337 e. The van der Waals surface area contributed by atoms with Gasteiger partial charge in [-0.2, -0.15) is 0 Å². The number of hydrogen-bond acceptors (Lipinski definition) is 10. The molecule has 2 aromatic heterocycles. The molecule has 0 saturated carbocycles. The standard InChI is InChI=1S/C23H22N4O8S/c1-4-34-14-7-6-11(8-15(14)35-5-2)17-13(21(31)33-3)10-24-23-27(17)20(30)16(36-23)9-12-18(28)25-22(32)26-19(12)29/h6-10,17H,4-5H2,1-3H3,(H3,25,26,28,29,32)/b16-9+/t17-/m1/s1. The van der Waals surface area contributed by atoms with Crippen molar-refractivity contribution in [3.63, 3.8) is 0 Å². The number of fused-ring (bicyclic) bond motifs is 1. The summed E-state index contributed by atoms with van der Waals surface area (Å²) in [6, 6.07) is 4.15. The third-order valence-electron chi connectivity index (χ3n) is 5.24. The monoisotopic (exact) mass is 514 g/mol. The summed E-state index contributed by atoms with van der Waals surface area (Å²) in [7, 11) is 1.22. The highest BCUT2D eigenvalue weighted by atomic mass is 32.1. The van der Waals surface area contributed by atoms with Crippen molar-refractivity contribution in [2.75, 3.05) is 20.3 Å². The van der Waals surface area contributed by atoms with Gasteiger partial charge in [0.05, 0.1) is 36.5 Å². The lowest BCUT2D eigenvalue weighted by Crippen LogP contribution is -2.39. The number of aromatic hydroxyl groups is 1. The van der Waals surface area contributed by atoms with Crippen LogP contribution in [0.2, 0.25) is 0 Å². The van der Waals surface area contributed by atoms with Gasteiger partial charge in [-0.15, -0.1) is 0 Å². The van der Waals surface area contributed by atoms with E-state index in [1.54, 1.807) is 18.2 Å². The van der Waals surface area contributed by atoms with E-state index in [0.29, 0.717) is 30.3 Å². The van der Waals surface area contributed by atoms with Crippen molar-refractivity contribution in [1.29, 1.82) is 0 Å². The number of aromatic nitrogens is 3. The molecule has 13 heteroatoms. The van der Waals surface area contributed by atoms with Crippen LogP contribution in [0, 0.1) is 0 Å². The molecule has 3 N–H and O–H groups in total. The molecule has 12 nitrogen and oxygen atoms in total. The molecule has 1 aliphatic heterocycles. The van der Waals surface area contributed by atoms with Crippen molar-refractivity contribution in [3.05, 3.63) is 81.6 Å². The fraction of sp³-hybridized carbons (Fsp3) is 0.261. The van der Waals surface area contributed by atoms with Gasteiger partial charge in [0.15, 0.2) is 16.3 Å². The van der Waals surface area contributed by atoms with Crippen LogP contribution in [0.25, 0.3) is 6.08 Å². The van der Waals surface area contributed by atoms with Gasteiger partial charge in [-0.05, 0) is 37.6 Å². The van der Waals surface area contributed by atoms with Crippen LogP contribution in [0.5, 0.6) is 17.4 Å². The first kappa shape index (κ1) is 24.7. The molecule has 0 amide bonds. The van der Waals surface area contributed by atoms with E-state index < -0.39 is 34.7 Å². The molecule has 36 heavy (non-hydrogen) atoms. The molecule has 188 valence electrons. The lowest BCUT2D eigenvalue weighted by Gasteiger charge is -2.23. The summed E-state index contributed by atoms with van der Waals surface area (Å²) < 4.78 is 17.6. The minimum absolute atomic E-state index is 0.0436. The van der Waals surface area contributed by atoms with Crippen molar-refractivity contribution in [2.24, 2.45) is 4.99 Å². The number of methoxy groups -OCH3 is 1. The number of rotatable bonds is 7. The largest absolute Gasteiger partial charge is 0.494 e. The van der Waals surface area contributed by atoms with Crippen molar-refractivity contribution >= 4 is 23.4 Å². The number of nitrogens with one attached hydrogen (secondary N) is 2. The highest BCUT2D eigenvalue weighted by Crippen LogP contribution is 2.35. The summed E-state index contributed by atoms with van der Waals surface area (Å²) in [5.74, 6) is -0.425. The number of nitrogens with zero attached hydrogens (tertiary/aromatic N) is 2. The molecular weight excluding hydrogens is 492 g/mol. The Hall–Kier alpha value is -4.39. The molecule has 0 radical (unpaired) electrons. The van der Waals surface area contributed by atoms with Crippen LogP contribution in [0.4, 0.5) is 0 Å². The van der Waals surface area contributed by atoms with Crippen LogP contribution in [0.1, 0.15) is 31.0 Å². The number of hydrogen-bond donors (Lipinski definition) is 3. The summed E-state index contributed by atoms with van der Waals surface area (Å²) in [6.07, 6.45) is 2.48. The highest BCUT2D eigenvalue weighted by Gasteiger charge is 2.31. The number of ether oxygens (including phenoxy) is 3. The van der Waals surface area contributed by atoms with Crippen LogP contribution >= 0.6 is 11.3 Å². The molecule has 0 spiro atoms. The third kappa shape index (κ3) is 4.47. The van der Waals surface area contributed by atoms with E-state index in [-0.39, 0.29) is 20.5 Å². The van der Waals surface area contributed by atoms with E-state index >= 15 is 0 Å². The second-order valence-electron chi connectivity index (χ2n) is 7.42. The van der Waals surface area contributed by atoms with Gasteiger partial charge in [0.25, 0.3) is 11.1 Å². The van der Waals surface area contributed by atoms with Gasteiger partial charge >= 0.3 is 11.7 Å². The molecule has 3 aromatic rings. The fourth-order valence-electron chi connectivity index (χ4n) is 3.74. The summed E-state index contributed by atoms with van der Waals surface area (Å²) >= 11 is 0.944. The minimum atomic E-state index is -0.923. The fourth-order valence-corrected chi connectivity index (χ4v) is 4.69. The van der Waals surface area contributed by atoms with Crippen molar-refractivity contribution < 1.29 is 24.1 Å². The highest BCUT2D eigenvalue weighted by molar-refractivity contribution is 7.07. The quantitative estimate of drug-likeness (QED) is 0.368. The minimum Gasteiger partial charge on any atom is -0.494 e. The number of benzene rings is 1. The smallest absolute Gasteiger partial charge is 0.337 e. The summed E-state index contributed by atoms with van der Waals surface area (Å²) in [6.45, 7) is 4.44. The molecule has 1 atom stereocenters. The molecule has 0 aliphatic carbocycles. The molecule has 3 heterocycles. The maximum absolute atomic E-state index is 13.5. The Balaban J connectivity index is 1.95. The van der Waals surface area contributed by atoms with E-state index in [2.05, 4.69) is 9.98 Å². The van der Waals surface area contributed by atoms with Gasteiger partial charge in [0, 0.05) is 6.20 Å². The summed E-state index contributed by atoms with van der Waals surface area (Å²) in [5.41, 5.74) is -2.00. The number of esters is 1. The SMILES string of the molecule is CCOc1ccc([C@@H]2C(C(=O)OC)=CN=c3s/c(=C/c4c(O)[nH]c(=O)[nH]c4=O)c(=O)n32)cc1OCC. The van der Waals surface area contributed by atoms with E-state index in [4.69, 9.17) is 14.2 Å². The zero-order chi connectivity index (χ0) is 26.0. The maximum atomic E-state index is 13.5. The summed E-state index contributed by atoms with van der Waals surface area (Å²) in [4.78, 5) is 58.2. The Kier molecular flexibility index (Phi) is 6.92. The molecule has 1 aliphatic rings. The number of carbonyl (C=O) groups is 1. The Bertz CT molecular complexity index is 1660. The van der Waals surface area contributed by atoms with Gasteiger partial charge in [0.1, 0.15) is 5.56 Å². The van der Waals surface area contributed by atoms with Gasteiger partial charge in [-0.3, -0.25) is 24.1 Å². The van der Waals surface area contributed by atoms with E-state index in [1.165, 1.54) is 17.9 Å².